The average molecular weight is 155 g/mol. The Morgan fingerprint density at radius 1 is 1.33 bits per heavy atom. The average Bonchev–Trinajstić information content (AvgIpc) is 2.44. The summed E-state index contributed by atoms with van der Waals surface area (Å²) in [7, 11) is 3.78. The van der Waals surface area contributed by atoms with Gasteiger partial charge >= 0.3 is 0 Å². The molecule has 0 aliphatic rings. The van der Waals surface area contributed by atoms with Gasteiger partial charge in [-0.3, -0.25) is 0 Å². The third kappa shape index (κ3) is 0.802. The van der Waals surface area contributed by atoms with Crippen molar-refractivity contribution in [1.82, 2.24) is 4.57 Å². The molecule has 0 N–H and O–H groups in total. The Morgan fingerprint density at radius 3 is 2.83 bits per heavy atom. The van der Waals surface area contributed by atoms with E-state index in [1.54, 1.807) is 10.8 Å². The number of para-hydroxylation sites is 1. The highest BCUT2D eigenvalue weighted by molar-refractivity contribution is 5.86. The predicted octanol–water partition coefficient (Wildman–Crippen LogP) is 2.15. The van der Waals surface area contributed by atoms with E-state index >= 15 is 0 Å². The van der Waals surface area contributed by atoms with Crippen LogP contribution in [-0.2, 0) is 0 Å². The van der Waals surface area contributed by atoms with Gasteiger partial charge < -0.3 is 4.57 Å². The molecule has 0 unspecified atom stereocenters. The van der Waals surface area contributed by atoms with Crippen LogP contribution in [0.5, 0.6) is 0 Å². The molecule has 2 rings (SSSR count). The highest BCUT2D eigenvalue weighted by atomic mass is 14.9. The van der Waals surface area contributed by atoms with Crippen molar-refractivity contribution < 1.29 is 0 Å². The molecule has 0 bridgehead atoms. The summed E-state index contributed by atoms with van der Waals surface area (Å²) in [6, 6.07) is 9.86. The van der Waals surface area contributed by atoms with Crippen LogP contribution in [0.25, 0.3) is 10.9 Å². The van der Waals surface area contributed by atoms with Gasteiger partial charge in [0.1, 0.15) is 6.07 Å². The van der Waals surface area contributed by atoms with Crippen molar-refractivity contribution in [1.29, 1.82) is 5.26 Å². The minimum Gasteiger partial charge on any atom is -0.344 e. The molecule has 1 heterocycles. The first-order valence-corrected chi connectivity index (χ1v) is 3.64. The molecule has 2 heteroatoms. The van der Waals surface area contributed by atoms with Crippen molar-refractivity contribution >= 4 is 10.9 Å². The minimum atomic E-state index is 0.681. The molecule has 0 spiro atoms. The van der Waals surface area contributed by atoms with E-state index in [9.17, 15) is 0 Å². The molecule has 12 heavy (non-hydrogen) atoms. The zero-order chi connectivity index (χ0) is 8.55. The van der Waals surface area contributed by atoms with E-state index in [2.05, 4.69) is 13.1 Å². The summed E-state index contributed by atoms with van der Waals surface area (Å²) in [6.45, 7) is 0. The molecule has 2 aromatic rings. The fraction of sp³-hybridized carbons (Fsp3) is 0. The van der Waals surface area contributed by atoms with Gasteiger partial charge in [-0.05, 0) is 6.07 Å². The van der Waals surface area contributed by atoms with Crippen molar-refractivity contribution in [3.8, 4) is 6.07 Å². The first-order valence-electron chi connectivity index (χ1n) is 3.64. The van der Waals surface area contributed by atoms with E-state index in [-0.39, 0.29) is 0 Å². The third-order valence-corrected chi connectivity index (χ3v) is 1.91. The van der Waals surface area contributed by atoms with Gasteiger partial charge in [0.25, 0.3) is 0 Å². The SMILES string of the molecule is [CH2]n1cc(C#N)c2ccccc21. The molecular formula is C10H7N2. The van der Waals surface area contributed by atoms with Crippen LogP contribution in [0.15, 0.2) is 30.5 Å². The fourth-order valence-corrected chi connectivity index (χ4v) is 1.34. The molecule has 0 aliphatic carbocycles. The van der Waals surface area contributed by atoms with Crippen molar-refractivity contribution in [2.75, 3.05) is 0 Å². The van der Waals surface area contributed by atoms with Crippen LogP contribution < -0.4 is 0 Å². The van der Waals surface area contributed by atoms with E-state index in [1.165, 1.54) is 0 Å². The largest absolute Gasteiger partial charge is 0.344 e. The maximum absolute atomic E-state index is 8.76. The number of hydrogen-bond acceptors (Lipinski definition) is 1. The molecule has 57 valence electrons. The van der Waals surface area contributed by atoms with Gasteiger partial charge in [-0.25, -0.2) is 0 Å². The Kier molecular flexibility index (Phi) is 1.38. The molecule has 0 saturated carbocycles. The summed E-state index contributed by atoms with van der Waals surface area (Å²) in [5, 5.41) is 9.73. The Bertz CT molecular complexity index is 460. The van der Waals surface area contributed by atoms with Crippen LogP contribution in [0, 0.1) is 18.4 Å². The Balaban J connectivity index is 2.94. The second-order valence-electron chi connectivity index (χ2n) is 2.64. The van der Waals surface area contributed by atoms with Gasteiger partial charge in [0.15, 0.2) is 0 Å². The van der Waals surface area contributed by atoms with Crippen molar-refractivity contribution in [2.45, 2.75) is 0 Å². The van der Waals surface area contributed by atoms with Crippen LogP contribution in [0.4, 0.5) is 0 Å². The smallest absolute Gasteiger partial charge is 0.101 e. The molecular weight excluding hydrogens is 148 g/mol. The van der Waals surface area contributed by atoms with Gasteiger partial charge in [0.05, 0.1) is 5.56 Å². The topological polar surface area (TPSA) is 28.7 Å². The second-order valence-corrected chi connectivity index (χ2v) is 2.64. The normalized spacial score (nSPS) is 10.0. The van der Waals surface area contributed by atoms with E-state index in [0.717, 1.165) is 10.9 Å². The summed E-state index contributed by atoms with van der Waals surface area (Å²) in [6.07, 6.45) is 1.74. The maximum atomic E-state index is 8.76. The minimum absolute atomic E-state index is 0.681. The van der Waals surface area contributed by atoms with Gasteiger partial charge in [-0.15, -0.1) is 0 Å². The summed E-state index contributed by atoms with van der Waals surface area (Å²) in [5.41, 5.74) is 1.68. The molecule has 0 aliphatic heterocycles. The number of aromatic nitrogens is 1. The summed E-state index contributed by atoms with van der Waals surface area (Å²) in [5.74, 6) is 0. The second kappa shape index (κ2) is 2.38. The van der Waals surface area contributed by atoms with E-state index in [4.69, 9.17) is 5.26 Å². The molecule has 2 nitrogen and oxygen atoms in total. The number of nitriles is 1. The van der Waals surface area contributed by atoms with E-state index in [0.29, 0.717) is 5.56 Å². The highest BCUT2D eigenvalue weighted by Crippen LogP contribution is 2.19. The van der Waals surface area contributed by atoms with Crippen LogP contribution in [-0.4, -0.2) is 4.57 Å². The molecule has 0 atom stereocenters. The van der Waals surface area contributed by atoms with Crippen LogP contribution in [0.1, 0.15) is 5.56 Å². The molecule has 1 aromatic heterocycles. The fourth-order valence-electron chi connectivity index (χ4n) is 1.34. The lowest BCUT2D eigenvalue weighted by Gasteiger charge is -1.91. The molecule has 1 aromatic carbocycles. The van der Waals surface area contributed by atoms with Crippen LogP contribution in [0.2, 0.25) is 0 Å². The molecule has 1 radical (unpaired) electrons. The first-order chi connectivity index (χ1) is 5.83. The third-order valence-electron chi connectivity index (χ3n) is 1.91. The lowest BCUT2D eigenvalue weighted by Crippen LogP contribution is -1.78. The highest BCUT2D eigenvalue weighted by Gasteiger charge is 2.03. The van der Waals surface area contributed by atoms with Crippen molar-refractivity contribution in [2.24, 2.45) is 0 Å². The van der Waals surface area contributed by atoms with Gasteiger partial charge in [0.2, 0.25) is 0 Å². The molecule has 0 saturated heterocycles. The lowest BCUT2D eigenvalue weighted by molar-refractivity contribution is 1.13. The van der Waals surface area contributed by atoms with Gasteiger partial charge in [-0.2, -0.15) is 5.26 Å². The van der Waals surface area contributed by atoms with Crippen molar-refractivity contribution in [3.63, 3.8) is 0 Å². The van der Waals surface area contributed by atoms with E-state index in [1.807, 2.05) is 24.3 Å². The number of rotatable bonds is 0. The molecule has 0 fully saturated rings. The zero-order valence-electron chi connectivity index (χ0n) is 6.49. The number of benzene rings is 1. The molecule has 0 amide bonds. The number of nitrogens with zero attached hydrogens (tertiary/aromatic N) is 2. The quantitative estimate of drug-likeness (QED) is 0.573. The lowest BCUT2D eigenvalue weighted by atomic mass is 10.2. The monoisotopic (exact) mass is 155 g/mol. The number of fused-ring (bicyclic) bond motifs is 1. The summed E-state index contributed by atoms with van der Waals surface area (Å²) < 4.78 is 1.72. The Morgan fingerprint density at radius 2 is 2.08 bits per heavy atom. The van der Waals surface area contributed by atoms with Crippen molar-refractivity contribution in [3.05, 3.63) is 43.1 Å². The predicted molar refractivity (Wildman–Crippen MR) is 47.4 cm³/mol. The summed E-state index contributed by atoms with van der Waals surface area (Å²) in [4.78, 5) is 0. The Labute approximate surface area is 70.7 Å². The van der Waals surface area contributed by atoms with E-state index < -0.39 is 0 Å². The first kappa shape index (κ1) is 6.93. The van der Waals surface area contributed by atoms with Crippen LogP contribution >= 0.6 is 0 Å². The zero-order valence-corrected chi connectivity index (χ0v) is 6.49. The summed E-state index contributed by atoms with van der Waals surface area (Å²) >= 11 is 0. The van der Waals surface area contributed by atoms with Gasteiger partial charge in [-0.1, -0.05) is 18.2 Å². The van der Waals surface area contributed by atoms with Crippen LogP contribution in [0.3, 0.4) is 0 Å². The maximum Gasteiger partial charge on any atom is 0.101 e. The van der Waals surface area contributed by atoms with Gasteiger partial charge in [0, 0.05) is 24.1 Å². The Hall–Kier alpha value is -1.75. The standard InChI is InChI=1S/C10H7N2/c1-12-7-8(6-11)9-4-2-3-5-10(9)12/h2-5,7H,1H2. The number of hydrogen-bond donors (Lipinski definition) is 0.